The highest BCUT2D eigenvalue weighted by atomic mass is 19.2. The molecule has 11 heteroatoms. The Balaban J connectivity index is 1.53. The summed E-state index contributed by atoms with van der Waals surface area (Å²) in [6.45, 7) is 4.76. The van der Waals surface area contributed by atoms with E-state index < -0.39 is 47.1 Å². The van der Waals surface area contributed by atoms with Crippen LogP contribution in [-0.2, 0) is 27.2 Å². The molecular weight excluding hydrogens is 539 g/mol. The Kier molecular flexibility index (Phi) is 9.38. The lowest BCUT2D eigenvalue weighted by molar-refractivity contribution is -0.123. The van der Waals surface area contributed by atoms with Crippen molar-refractivity contribution in [2.45, 2.75) is 83.0 Å². The van der Waals surface area contributed by atoms with Crippen LogP contribution in [0.3, 0.4) is 0 Å². The molecule has 3 unspecified atom stereocenters. The lowest BCUT2D eigenvalue weighted by atomic mass is 9.89. The first-order valence-electron chi connectivity index (χ1n) is 13.8. The topological polar surface area (TPSA) is 111 Å². The summed E-state index contributed by atoms with van der Waals surface area (Å²) in [6.07, 6.45) is 0.517. The number of hydrogen-bond acceptors (Lipinski definition) is 6. The molecule has 0 radical (unpaired) electrons. The fourth-order valence-electron chi connectivity index (χ4n) is 5.04. The molecule has 0 bridgehead atoms. The van der Waals surface area contributed by atoms with Crippen molar-refractivity contribution in [3.05, 3.63) is 75.7 Å². The number of carbonyl (C=O) groups excluding carboxylic acids is 3. The number of Topliss-reactive ketones (excluding diaryl/α,β-unsaturated/α-hetero) is 1. The van der Waals surface area contributed by atoms with Gasteiger partial charge in [-0.1, -0.05) is 24.3 Å². The van der Waals surface area contributed by atoms with E-state index in [1.54, 1.807) is 39.0 Å². The molecule has 41 heavy (non-hydrogen) atoms. The molecule has 2 N–H and O–H groups in total. The van der Waals surface area contributed by atoms with Crippen molar-refractivity contribution in [2.24, 2.45) is 5.92 Å². The fraction of sp³-hybridized carbons (Fsp3) is 0.500. The molecule has 1 heterocycles. The first-order valence-corrected chi connectivity index (χ1v) is 13.8. The van der Waals surface area contributed by atoms with E-state index in [-0.39, 0.29) is 55.5 Å². The van der Waals surface area contributed by atoms with Gasteiger partial charge < -0.3 is 25.6 Å². The third kappa shape index (κ3) is 8.53. The molecule has 4 rings (SSSR count). The molecule has 1 fully saturated rings. The minimum Gasteiger partial charge on any atom is -0.785 e. The number of ether oxygens (including phenoxy) is 1. The Labute approximate surface area is 237 Å². The van der Waals surface area contributed by atoms with E-state index in [0.717, 1.165) is 23.5 Å². The van der Waals surface area contributed by atoms with Crippen LogP contribution in [-0.4, -0.2) is 47.1 Å². The van der Waals surface area contributed by atoms with Crippen LogP contribution in [0.1, 0.15) is 69.2 Å². The zero-order valence-electron chi connectivity index (χ0n) is 23.3. The second-order valence-electron chi connectivity index (χ2n) is 11.8. The largest absolute Gasteiger partial charge is 0.785 e. The Morgan fingerprint density at radius 2 is 1.76 bits per heavy atom. The highest BCUT2D eigenvalue weighted by Crippen LogP contribution is 2.34. The lowest BCUT2D eigenvalue weighted by Crippen LogP contribution is -2.43. The Hall–Kier alpha value is -3.44. The van der Waals surface area contributed by atoms with Crippen LogP contribution < -0.4 is 10.6 Å². The quantitative estimate of drug-likeness (QED) is 0.413. The van der Waals surface area contributed by atoms with Gasteiger partial charge in [-0.25, -0.2) is 18.0 Å². The van der Waals surface area contributed by atoms with Crippen LogP contribution in [0.4, 0.5) is 18.0 Å². The first-order chi connectivity index (χ1) is 19.3. The smallest absolute Gasteiger partial charge is 0.407 e. The van der Waals surface area contributed by atoms with Crippen molar-refractivity contribution in [1.29, 1.82) is 0 Å². The number of hydroxylamine groups is 2. The maximum absolute atomic E-state index is 14.5. The van der Waals surface area contributed by atoms with Gasteiger partial charge in [0.05, 0.1) is 0 Å². The summed E-state index contributed by atoms with van der Waals surface area (Å²) >= 11 is 0. The van der Waals surface area contributed by atoms with Gasteiger partial charge in [0, 0.05) is 43.0 Å². The van der Waals surface area contributed by atoms with Crippen molar-refractivity contribution >= 4 is 17.8 Å². The molecule has 1 saturated carbocycles. The number of benzene rings is 2. The summed E-state index contributed by atoms with van der Waals surface area (Å²) in [5.74, 6) is -5.03. The van der Waals surface area contributed by atoms with Gasteiger partial charge in [-0.05, 0) is 75.8 Å². The molecule has 222 valence electrons. The molecule has 2 aromatic carbocycles. The van der Waals surface area contributed by atoms with Crippen LogP contribution in [0, 0.1) is 28.6 Å². The number of ketones is 1. The highest BCUT2D eigenvalue weighted by Gasteiger charge is 2.33. The predicted octanol–water partition coefficient (Wildman–Crippen LogP) is 4.88. The van der Waals surface area contributed by atoms with E-state index in [9.17, 15) is 32.8 Å². The second kappa shape index (κ2) is 12.6. The molecule has 2 aliphatic rings. The van der Waals surface area contributed by atoms with E-state index in [1.807, 2.05) is 6.07 Å². The van der Waals surface area contributed by atoms with Gasteiger partial charge in [-0.2, -0.15) is 0 Å². The number of hydrogen-bond donors (Lipinski definition) is 2. The van der Waals surface area contributed by atoms with E-state index >= 15 is 0 Å². The average molecular weight is 575 g/mol. The predicted molar refractivity (Wildman–Crippen MR) is 145 cm³/mol. The molecule has 0 saturated heterocycles. The van der Waals surface area contributed by atoms with Crippen LogP contribution in [0.5, 0.6) is 0 Å². The zero-order chi connectivity index (χ0) is 29.9. The second-order valence-corrected chi connectivity index (χ2v) is 11.8. The number of rotatable bonds is 9. The minimum absolute atomic E-state index is 0.0455. The van der Waals surface area contributed by atoms with Gasteiger partial charge in [-0.3, -0.25) is 9.59 Å². The van der Waals surface area contributed by atoms with Crippen molar-refractivity contribution in [2.75, 3.05) is 6.54 Å². The Morgan fingerprint density at radius 3 is 2.44 bits per heavy atom. The van der Waals surface area contributed by atoms with Crippen LogP contribution in [0.15, 0.2) is 36.4 Å². The summed E-state index contributed by atoms with van der Waals surface area (Å²) in [4.78, 5) is 38.7. The van der Waals surface area contributed by atoms with Crippen LogP contribution >= 0.6 is 0 Å². The minimum atomic E-state index is -1.35. The van der Waals surface area contributed by atoms with E-state index in [1.165, 1.54) is 0 Å². The summed E-state index contributed by atoms with van der Waals surface area (Å²) in [5, 5.41) is 19.5. The molecule has 1 aliphatic carbocycles. The lowest BCUT2D eigenvalue weighted by Gasteiger charge is -2.37. The molecule has 1 aliphatic heterocycles. The summed E-state index contributed by atoms with van der Waals surface area (Å²) < 4.78 is 47.2. The van der Waals surface area contributed by atoms with Crippen LogP contribution in [0.25, 0.3) is 0 Å². The number of amides is 2. The fourth-order valence-corrected chi connectivity index (χ4v) is 5.04. The highest BCUT2D eigenvalue weighted by molar-refractivity contribution is 5.83. The van der Waals surface area contributed by atoms with Crippen molar-refractivity contribution in [3.8, 4) is 0 Å². The summed E-state index contributed by atoms with van der Waals surface area (Å²) in [7, 11) is 0. The number of fused-ring (bicyclic) bond motifs is 1. The van der Waals surface area contributed by atoms with Crippen molar-refractivity contribution in [3.63, 3.8) is 0 Å². The van der Waals surface area contributed by atoms with Crippen molar-refractivity contribution in [1.82, 2.24) is 15.7 Å². The Morgan fingerprint density at radius 1 is 1.07 bits per heavy atom. The maximum atomic E-state index is 14.5. The van der Waals surface area contributed by atoms with Gasteiger partial charge in [0.2, 0.25) is 5.91 Å². The van der Waals surface area contributed by atoms with Gasteiger partial charge in [0.1, 0.15) is 17.2 Å². The number of nitrogens with zero attached hydrogens (tertiary/aromatic N) is 1. The number of alkyl carbamates (subject to hydrolysis) is 1. The SMILES string of the molecule is CC(C)(C)OC(=O)NC(CC(=O)C1Cc2ccccc2C(CC(=O)NC2CC2)N([O-])C1)Cc1cc(F)c(F)cc1F. The van der Waals surface area contributed by atoms with Crippen molar-refractivity contribution < 1.29 is 32.3 Å². The zero-order valence-corrected chi connectivity index (χ0v) is 23.3. The molecule has 0 aromatic heterocycles. The molecule has 0 spiro atoms. The molecular formula is C30H35F3N3O5-. The molecule has 8 nitrogen and oxygen atoms in total. The summed E-state index contributed by atoms with van der Waals surface area (Å²) in [6, 6.07) is 6.61. The molecule has 2 amide bonds. The molecule has 3 atom stereocenters. The molecule has 2 aromatic rings. The Bertz CT molecular complexity index is 1290. The standard InChI is InChI=1S/C30H35F3N3O5/c1-30(2,3)41-29(39)35-21(11-18-12-24(32)25(33)14-23(18)31)13-27(37)19-10-17-6-4-5-7-22(17)26(36(40)16-19)15-28(38)34-20-8-9-20/h4-7,12,14,19-21,26H,8-11,13,15-16H2,1-3H3,(H,34,38)(H,35,39)/q-1. The monoisotopic (exact) mass is 574 g/mol. The van der Waals surface area contributed by atoms with Gasteiger partial charge >= 0.3 is 6.09 Å². The summed E-state index contributed by atoms with van der Waals surface area (Å²) in [5.41, 5.74) is 0.352. The van der Waals surface area contributed by atoms with Gasteiger partial charge in [0.15, 0.2) is 11.6 Å². The van der Waals surface area contributed by atoms with Crippen LogP contribution in [0.2, 0.25) is 0 Å². The normalized spacial score (nSPS) is 20.0. The first kappa shape index (κ1) is 30.5. The third-order valence-corrected chi connectivity index (χ3v) is 7.13. The van der Waals surface area contributed by atoms with E-state index in [2.05, 4.69) is 10.6 Å². The number of carbonyl (C=O) groups is 3. The van der Waals surface area contributed by atoms with Gasteiger partial charge in [-0.15, -0.1) is 0 Å². The average Bonchev–Trinajstić information content (AvgIpc) is 3.69. The number of nitrogens with one attached hydrogen (secondary N) is 2. The van der Waals surface area contributed by atoms with E-state index in [0.29, 0.717) is 17.7 Å². The maximum Gasteiger partial charge on any atom is 0.407 e. The van der Waals surface area contributed by atoms with E-state index in [4.69, 9.17) is 4.74 Å². The van der Waals surface area contributed by atoms with Gasteiger partial charge in [0.25, 0.3) is 0 Å². The third-order valence-electron chi connectivity index (χ3n) is 7.13. The number of halogens is 3.